The highest BCUT2D eigenvalue weighted by Crippen LogP contribution is 2.38. The quantitative estimate of drug-likeness (QED) is 0.328. The third kappa shape index (κ3) is 9.96. The van der Waals surface area contributed by atoms with Crippen molar-refractivity contribution in [2.45, 2.75) is 19.3 Å². The molecule has 0 aliphatic heterocycles. The third-order valence-electron chi connectivity index (χ3n) is 2.17. The minimum atomic E-state index is 0.750. The number of isocyanates is 3. The highest BCUT2D eigenvalue weighted by molar-refractivity contribution is 5.26. The van der Waals surface area contributed by atoms with Gasteiger partial charge in [0.25, 0.3) is 0 Å². The lowest BCUT2D eigenvalue weighted by atomic mass is 10.1. The van der Waals surface area contributed by atoms with Gasteiger partial charge in [-0.15, -0.1) is 0 Å². The average molecular weight is 223 g/mol. The van der Waals surface area contributed by atoms with E-state index in [1.165, 1.54) is 19.3 Å². The van der Waals surface area contributed by atoms with Gasteiger partial charge in [0.2, 0.25) is 18.2 Å². The van der Waals surface area contributed by atoms with Crippen molar-refractivity contribution in [3.63, 3.8) is 0 Å². The van der Waals surface area contributed by atoms with Crippen molar-refractivity contribution in [2.75, 3.05) is 0 Å². The standard InChI is InChI=1S/C7H10.3CHNO/c1-2-7-4-3-6(1)5-7;3*2-1-3/h1-2,6-7H,3-5H2;3*2H. The highest BCUT2D eigenvalue weighted by atomic mass is 16.1. The maximum Gasteiger partial charge on any atom is 0.231 e. The average Bonchev–Trinajstić information content (AvgIpc) is 2.84. The second kappa shape index (κ2) is 12.9. The van der Waals surface area contributed by atoms with Crippen LogP contribution < -0.4 is 0 Å². The molecule has 6 nitrogen and oxygen atoms in total. The van der Waals surface area contributed by atoms with Crippen molar-refractivity contribution < 1.29 is 14.4 Å². The monoisotopic (exact) mass is 223 g/mol. The SMILES string of the molecule is C1=CC2CCC1C2.N=C=O.N=C=O.N=C=O. The zero-order valence-electron chi connectivity index (χ0n) is 8.66. The lowest BCUT2D eigenvalue weighted by Crippen LogP contribution is -1.82. The Hall–Kier alpha value is -2.12. The molecule has 0 heterocycles. The number of rotatable bonds is 0. The minimum Gasteiger partial charge on any atom is -0.222 e. The Morgan fingerprint density at radius 3 is 1.12 bits per heavy atom. The molecule has 0 saturated heterocycles. The Morgan fingerprint density at radius 2 is 1.06 bits per heavy atom. The molecule has 0 aromatic heterocycles. The van der Waals surface area contributed by atoms with Crippen LogP contribution in [0.2, 0.25) is 0 Å². The molecule has 6 heteroatoms. The van der Waals surface area contributed by atoms with E-state index in [1.807, 2.05) is 0 Å². The topological polar surface area (TPSA) is 123 Å². The molecule has 0 radical (unpaired) electrons. The number of fused-ring (bicyclic) bond motifs is 2. The fourth-order valence-corrected chi connectivity index (χ4v) is 1.72. The van der Waals surface area contributed by atoms with Gasteiger partial charge >= 0.3 is 0 Å². The summed E-state index contributed by atoms with van der Waals surface area (Å²) in [5.74, 6) is 1.98. The highest BCUT2D eigenvalue weighted by Gasteiger charge is 2.25. The summed E-state index contributed by atoms with van der Waals surface area (Å²) in [6.07, 6.45) is 11.4. The van der Waals surface area contributed by atoms with E-state index in [9.17, 15) is 0 Å². The molecule has 1 saturated carbocycles. The Balaban J connectivity index is 0. The van der Waals surface area contributed by atoms with Crippen molar-refractivity contribution in [2.24, 2.45) is 11.8 Å². The van der Waals surface area contributed by atoms with Crippen molar-refractivity contribution in [3.05, 3.63) is 12.2 Å². The Kier molecular flexibility index (Phi) is 13.1. The molecule has 3 N–H and O–H groups in total. The lowest BCUT2D eigenvalue weighted by Gasteiger charge is -1.96. The Morgan fingerprint density at radius 1 is 0.812 bits per heavy atom. The van der Waals surface area contributed by atoms with Crippen molar-refractivity contribution in [1.29, 1.82) is 16.2 Å². The lowest BCUT2D eigenvalue weighted by molar-refractivity contribution is 0.562. The van der Waals surface area contributed by atoms with Gasteiger partial charge < -0.3 is 0 Å². The molecule has 2 aliphatic carbocycles. The zero-order valence-corrected chi connectivity index (χ0v) is 8.66. The van der Waals surface area contributed by atoms with Crippen LogP contribution in [0.15, 0.2) is 12.2 Å². The van der Waals surface area contributed by atoms with E-state index < -0.39 is 0 Å². The van der Waals surface area contributed by atoms with Crippen molar-refractivity contribution in [3.8, 4) is 0 Å². The molecular formula is C10H13N3O3. The van der Waals surface area contributed by atoms with E-state index >= 15 is 0 Å². The number of nitrogens with one attached hydrogen (secondary N) is 3. The molecule has 0 amide bonds. The summed E-state index contributed by atoms with van der Waals surface area (Å²) in [6, 6.07) is 0. The summed E-state index contributed by atoms with van der Waals surface area (Å²) >= 11 is 0. The number of allylic oxidation sites excluding steroid dienone is 2. The van der Waals surface area contributed by atoms with E-state index in [-0.39, 0.29) is 0 Å². The van der Waals surface area contributed by atoms with E-state index in [0.717, 1.165) is 30.1 Å². The molecule has 0 spiro atoms. The molecule has 16 heavy (non-hydrogen) atoms. The van der Waals surface area contributed by atoms with Crippen molar-refractivity contribution >= 4 is 18.2 Å². The normalized spacial score (nSPS) is 21.5. The van der Waals surface area contributed by atoms with Gasteiger partial charge in [0.15, 0.2) is 0 Å². The van der Waals surface area contributed by atoms with Gasteiger partial charge in [-0.05, 0) is 31.1 Å². The van der Waals surface area contributed by atoms with Crippen LogP contribution in [0.3, 0.4) is 0 Å². The summed E-state index contributed by atoms with van der Waals surface area (Å²) in [4.78, 5) is 25.0. The van der Waals surface area contributed by atoms with Gasteiger partial charge in [0, 0.05) is 0 Å². The molecule has 1 fully saturated rings. The van der Waals surface area contributed by atoms with E-state index in [4.69, 9.17) is 30.6 Å². The number of hydrogen-bond acceptors (Lipinski definition) is 6. The second-order valence-electron chi connectivity index (χ2n) is 3.02. The van der Waals surface area contributed by atoms with Gasteiger partial charge in [-0.1, -0.05) is 12.2 Å². The molecule has 2 atom stereocenters. The van der Waals surface area contributed by atoms with Gasteiger partial charge in [0.1, 0.15) is 0 Å². The molecule has 2 bridgehead atoms. The zero-order chi connectivity index (χ0) is 12.8. The Bertz CT molecular complexity index is 267. The van der Waals surface area contributed by atoms with Crippen LogP contribution in [-0.2, 0) is 14.4 Å². The van der Waals surface area contributed by atoms with Gasteiger partial charge in [0.05, 0.1) is 0 Å². The second-order valence-corrected chi connectivity index (χ2v) is 3.02. The Labute approximate surface area is 92.9 Å². The van der Waals surface area contributed by atoms with E-state index in [0.29, 0.717) is 0 Å². The number of carbonyl (C=O) groups excluding carboxylic acids is 3. The first-order valence-electron chi connectivity index (χ1n) is 4.50. The summed E-state index contributed by atoms with van der Waals surface area (Å²) < 4.78 is 0. The molecule has 2 rings (SSSR count). The van der Waals surface area contributed by atoms with Crippen LogP contribution >= 0.6 is 0 Å². The first kappa shape index (κ1) is 16.3. The molecule has 0 aromatic rings. The third-order valence-corrected chi connectivity index (χ3v) is 2.17. The molecular weight excluding hydrogens is 210 g/mol. The summed E-state index contributed by atoms with van der Waals surface area (Å²) in [7, 11) is 0. The van der Waals surface area contributed by atoms with Gasteiger partial charge in [-0.25, -0.2) is 30.6 Å². The smallest absolute Gasteiger partial charge is 0.222 e. The van der Waals surface area contributed by atoms with E-state index in [2.05, 4.69) is 12.2 Å². The summed E-state index contributed by atoms with van der Waals surface area (Å²) in [6.45, 7) is 0. The van der Waals surface area contributed by atoms with Gasteiger partial charge in [-0.2, -0.15) is 0 Å². The predicted molar refractivity (Wildman–Crippen MR) is 55.2 cm³/mol. The predicted octanol–water partition coefficient (Wildman–Crippen LogP) is 1.68. The summed E-state index contributed by atoms with van der Waals surface area (Å²) in [5.41, 5.74) is 0. The van der Waals surface area contributed by atoms with Crippen molar-refractivity contribution in [1.82, 2.24) is 0 Å². The molecule has 2 aliphatic rings. The maximum atomic E-state index is 8.35. The fourth-order valence-electron chi connectivity index (χ4n) is 1.72. The van der Waals surface area contributed by atoms with Crippen LogP contribution in [-0.4, -0.2) is 18.2 Å². The van der Waals surface area contributed by atoms with E-state index in [1.54, 1.807) is 0 Å². The van der Waals surface area contributed by atoms with Crippen LogP contribution in [0.25, 0.3) is 0 Å². The maximum absolute atomic E-state index is 8.35. The molecule has 2 unspecified atom stereocenters. The van der Waals surface area contributed by atoms with Gasteiger partial charge in [-0.3, -0.25) is 0 Å². The number of hydrogen-bond donors (Lipinski definition) is 3. The summed E-state index contributed by atoms with van der Waals surface area (Å²) in [5, 5.41) is 16.2. The fraction of sp³-hybridized carbons (Fsp3) is 0.500. The largest absolute Gasteiger partial charge is 0.231 e. The first-order valence-corrected chi connectivity index (χ1v) is 4.50. The molecule has 0 aromatic carbocycles. The van der Waals surface area contributed by atoms with Crippen LogP contribution in [0.1, 0.15) is 19.3 Å². The van der Waals surface area contributed by atoms with Crippen LogP contribution in [0, 0.1) is 28.1 Å². The minimum absolute atomic E-state index is 0.750. The molecule has 86 valence electrons. The van der Waals surface area contributed by atoms with Crippen LogP contribution in [0.5, 0.6) is 0 Å². The first-order chi connectivity index (χ1) is 7.69. The van der Waals surface area contributed by atoms with Crippen LogP contribution in [0.4, 0.5) is 0 Å².